The van der Waals surface area contributed by atoms with Crippen molar-refractivity contribution in [2.75, 3.05) is 11.5 Å². The number of benzene rings is 2. The Morgan fingerprint density at radius 2 is 2.00 bits per heavy atom. The summed E-state index contributed by atoms with van der Waals surface area (Å²) >= 11 is 0.682. The van der Waals surface area contributed by atoms with Crippen LogP contribution in [0.15, 0.2) is 24.3 Å². The van der Waals surface area contributed by atoms with Gasteiger partial charge in [0.2, 0.25) is 0 Å². The predicted octanol–water partition coefficient (Wildman–Crippen LogP) is 4.10. The fourth-order valence-electron chi connectivity index (χ4n) is 3.19. The summed E-state index contributed by atoms with van der Waals surface area (Å²) in [5, 5.41) is 0.110. The summed E-state index contributed by atoms with van der Waals surface area (Å²) in [6.07, 6.45) is -1.69. The van der Waals surface area contributed by atoms with Crippen molar-refractivity contribution in [1.29, 1.82) is 0 Å². The van der Waals surface area contributed by atoms with Crippen molar-refractivity contribution in [3.63, 3.8) is 0 Å². The smallest absolute Gasteiger partial charge is 0.310 e. The number of hydrogen-bond acceptors (Lipinski definition) is 6. The number of fused-ring (bicyclic) bond motifs is 2. The molecule has 3 aromatic rings. The minimum absolute atomic E-state index is 0.0124. The van der Waals surface area contributed by atoms with Crippen molar-refractivity contribution in [2.45, 2.75) is 26.0 Å². The van der Waals surface area contributed by atoms with Crippen LogP contribution in [-0.4, -0.2) is 29.6 Å². The number of thiazole rings is 1. The van der Waals surface area contributed by atoms with Gasteiger partial charge in [0.05, 0.1) is 30.0 Å². The predicted molar refractivity (Wildman–Crippen MR) is 103 cm³/mol. The maximum absolute atomic E-state index is 14.0. The van der Waals surface area contributed by atoms with Crippen LogP contribution < -0.4 is 9.64 Å². The summed E-state index contributed by atoms with van der Waals surface area (Å²) in [7, 11) is 0. The molecule has 1 aromatic heterocycles. The summed E-state index contributed by atoms with van der Waals surface area (Å²) in [5.74, 6) is -5.55. The van der Waals surface area contributed by atoms with Crippen LogP contribution in [0.3, 0.4) is 0 Å². The maximum atomic E-state index is 14.0. The Bertz CT molecular complexity index is 1200. The number of rotatable bonds is 5. The van der Waals surface area contributed by atoms with E-state index < -0.39 is 47.7 Å². The van der Waals surface area contributed by atoms with Crippen molar-refractivity contribution >= 4 is 39.1 Å². The van der Waals surface area contributed by atoms with Crippen molar-refractivity contribution in [2.24, 2.45) is 0 Å². The van der Waals surface area contributed by atoms with Gasteiger partial charge >= 0.3 is 5.97 Å². The highest BCUT2D eigenvalue weighted by molar-refractivity contribution is 7.18. The molecule has 0 fully saturated rings. The van der Waals surface area contributed by atoms with E-state index in [1.54, 1.807) is 6.92 Å². The second-order valence-corrected chi connectivity index (χ2v) is 7.68. The molecule has 1 aliphatic rings. The SMILES string of the molecule is CCOC(=O)CC1Oc2cc(F)ccc2N(Cc2nc3c(F)cc(F)c(F)c3s2)C1=O. The van der Waals surface area contributed by atoms with E-state index in [1.165, 1.54) is 11.0 Å². The molecule has 0 bridgehead atoms. The van der Waals surface area contributed by atoms with Gasteiger partial charge in [-0.05, 0) is 19.1 Å². The van der Waals surface area contributed by atoms with Gasteiger partial charge in [0.15, 0.2) is 23.6 Å². The summed E-state index contributed by atoms with van der Waals surface area (Å²) in [4.78, 5) is 30.0. The van der Waals surface area contributed by atoms with E-state index in [0.29, 0.717) is 17.4 Å². The van der Waals surface area contributed by atoms with Gasteiger partial charge in [-0.2, -0.15) is 0 Å². The Kier molecular flexibility index (Phi) is 5.52. The third kappa shape index (κ3) is 3.92. The minimum atomic E-state index is -1.35. The van der Waals surface area contributed by atoms with E-state index >= 15 is 0 Å². The number of anilines is 1. The Morgan fingerprint density at radius 3 is 2.74 bits per heavy atom. The molecular formula is C20H14F4N2O4S. The fourth-order valence-corrected chi connectivity index (χ4v) is 4.19. The lowest BCUT2D eigenvalue weighted by molar-refractivity contribution is -0.147. The van der Waals surface area contributed by atoms with Crippen LogP contribution >= 0.6 is 11.3 Å². The normalized spacial score (nSPS) is 15.7. The van der Waals surface area contributed by atoms with Crippen LogP contribution in [0.1, 0.15) is 18.4 Å². The van der Waals surface area contributed by atoms with Gasteiger partial charge in [0, 0.05) is 12.1 Å². The number of amides is 1. The van der Waals surface area contributed by atoms with Gasteiger partial charge < -0.3 is 9.47 Å². The molecule has 1 atom stereocenters. The third-order valence-electron chi connectivity index (χ3n) is 4.53. The summed E-state index contributed by atoms with van der Waals surface area (Å²) in [6.45, 7) is 1.46. The van der Waals surface area contributed by atoms with Crippen LogP contribution in [0.2, 0.25) is 0 Å². The number of hydrogen-bond donors (Lipinski definition) is 0. The van der Waals surface area contributed by atoms with Crippen molar-refractivity contribution in [3.05, 3.63) is 52.5 Å². The first-order valence-corrected chi connectivity index (χ1v) is 9.96. The zero-order valence-electron chi connectivity index (χ0n) is 16.0. The zero-order chi connectivity index (χ0) is 22.3. The van der Waals surface area contributed by atoms with Gasteiger partial charge in [-0.25, -0.2) is 22.5 Å². The molecule has 0 saturated heterocycles. The highest BCUT2D eigenvalue weighted by Gasteiger charge is 2.37. The molecule has 0 radical (unpaired) electrons. The zero-order valence-corrected chi connectivity index (χ0v) is 16.8. The largest absolute Gasteiger partial charge is 0.478 e. The lowest BCUT2D eigenvalue weighted by atomic mass is 10.1. The monoisotopic (exact) mass is 454 g/mol. The molecule has 0 N–H and O–H groups in total. The van der Waals surface area contributed by atoms with Gasteiger partial charge in [0.25, 0.3) is 5.91 Å². The van der Waals surface area contributed by atoms with Crippen LogP contribution in [0.4, 0.5) is 23.2 Å². The van der Waals surface area contributed by atoms with E-state index in [-0.39, 0.29) is 39.8 Å². The van der Waals surface area contributed by atoms with Crippen molar-refractivity contribution in [3.8, 4) is 5.75 Å². The van der Waals surface area contributed by atoms with Crippen LogP contribution in [0, 0.1) is 23.3 Å². The lowest BCUT2D eigenvalue weighted by Gasteiger charge is -2.33. The second-order valence-electron chi connectivity index (χ2n) is 6.59. The molecule has 31 heavy (non-hydrogen) atoms. The highest BCUT2D eigenvalue weighted by atomic mass is 32.1. The summed E-state index contributed by atoms with van der Waals surface area (Å²) in [6, 6.07) is 3.87. The molecule has 162 valence electrons. The van der Waals surface area contributed by atoms with Gasteiger partial charge in [-0.3, -0.25) is 14.5 Å². The molecule has 2 heterocycles. The van der Waals surface area contributed by atoms with Crippen molar-refractivity contribution in [1.82, 2.24) is 4.98 Å². The number of carbonyl (C=O) groups excluding carboxylic acids is 2. The van der Waals surface area contributed by atoms with E-state index in [0.717, 1.165) is 12.1 Å². The van der Waals surface area contributed by atoms with Crippen LogP contribution in [0.5, 0.6) is 5.75 Å². The fraction of sp³-hybridized carbons (Fsp3) is 0.250. The topological polar surface area (TPSA) is 68.7 Å². The number of nitrogens with zero attached hydrogens (tertiary/aromatic N) is 2. The molecule has 0 saturated carbocycles. The molecular weight excluding hydrogens is 440 g/mol. The Balaban J connectivity index is 1.71. The van der Waals surface area contributed by atoms with E-state index in [9.17, 15) is 27.2 Å². The average Bonchev–Trinajstić information content (AvgIpc) is 3.14. The number of halogens is 4. The molecule has 1 unspecified atom stereocenters. The van der Waals surface area contributed by atoms with Crippen LogP contribution in [0.25, 0.3) is 10.2 Å². The number of ether oxygens (including phenoxy) is 2. The molecule has 4 rings (SSSR count). The molecule has 1 amide bonds. The molecule has 2 aromatic carbocycles. The van der Waals surface area contributed by atoms with Gasteiger partial charge in [-0.1, -0.05) is 0 Å². The molecule has 1 aliphatic heterocycles. The summed E-state index contributed by atoms with van der Waals surface area (Å²) < 4.78 is 65.3. The molecule has 11 heteroatoms. The number of aromatic nitrogens is 1. The number of esters is 1. The van der Waals surface area contributed by atoms with E-state index in [1.807, 2.05) is 0 Å². The van der Waals surface area contributed by atoms with Gasteiger partial charge in [-0.15, -0.1) is 11.3 Å². The average molecular weight is 454 g/mol. The Labute approximate surface area is 177 Å². The quantitative estimate of drug-likeness (QED) is 0.330. The Morgan fingerprint density at radius 1 is 1.23 bits per heavy atom. The highest BCUT2D eigenvalue weighted by Crippen LogP contribution is 2.38. The van der Waals surface area contributed by atoms with Crippen molar-refractivity contribution < 1.29 is 36.6 Å². The first-order valence-electron chi connectivity index (χ1n) is 9.14. The van der Waals surface area contributed by atoms with E-state index in [2.05, 4.69) is 4.98 Å². The number of carbonyl (C=O) groups is 2. The summed E-state index contributed by atoms with van der Waals surface area (Å²) in [5.41, 5.74) is -0.167. The maximum Gasteiger partial charge on any atom is 0.310 e. The molecule has 0 spiro atoms. The Hall–Kier alpha value is -3.21. The standard InChI is InChI=1S/C20H14F4N2O4S/c1-2-29-16(27)7-14-20(28)26(12-4-3-9(21)5-13(12)30-14)8-15-25-18-11(23)6-10(22)17(24)19(18)31-15/h3-6,14H,2,7-8H2,1H3. The first-order chi connectivity index (χ1) is 14.8. The minimum Gasteiger partial charge on any atom is -0.478 e. The second kappa shape index (κ2) is 8.14. The molecule has 6 nitrogen and oxygen atoms in total. The molecule has 0 aliphatic carbocycles. The third-order valence-corrected chi connectivity index (χ3v) is 5.57. The lowest BCUT2D eigenvalue weighted by Crippen LogP contribution is -2.46. The first kappa shape index (κ1) is 21.0. The van der Waals surface area contributed by atoms with Gasteiger partial charge in [0.1, 0.15) is 22.1 Å². The van der Waals surface area contributed by atoms with E-state index in [4.69, 9.17) is 9.47 Å². The van der Waals surface area contributed by atoms with Crippen LogP contribution in [-0.2, 0) is 20.9 Å².